The normalized spacial score (nSPS) is 16.6. The van der Waals surface area contributed by atoms with Crippen molar-refractivity contribution in [1.29, 1.82) is 0 Å². The number of nitrogen functional groups attached to an aromatic ring is 2. The molecule has 0 unspecified atom stereocenters. The smallest absolute Gasteiger partial charge is 0.396 e. The molecular formula is C8H10N2O4S. The Morgan fingerprint density at radius 1 is 1.33 bits per heavy atom. The number of hydrogen-bond donors (Lipinski definition) is 2. The first-order chi connectivity index (χ1) is 6.94. The molecule has 2 aliphatic rings. The number of hydrogen-bond acceptors (Lipinski definition) is 6. The van der Waals surface area contributed by atoms with Crippen molar-refractivity contribution in [1.82, 2.24) is 0 Å². The zero-order valence-electron chi connectivity index (χ0n) is 7.98. The summed E-state index contributed by atoms with van der Waals surface area (Å²) in [6.07, 6.45) is 0.512. The quantitative estimate of drug-likeness (QED) is 0.678. The summed E-state index contributed by atoms with van der Waals surface area (Å²) in [6.45, 7) is 1.82. The molecule has 0 radical (unpaired) electrons. The molecule has 3 rings (SSSR count). The zero-order valence-corrected chi connectivity index (χ0v) is 8.80. The van der Waals surface area contributed by atoms with Crippen LogP contribution in [0.3, 0.4) is 0 Å². The van der Waals surface area contributed by atoms with Crippen molar-refractivity contribution in [3.63, 3.8) is 0 Å². The van der Waals surface area contributed by atoms with Gasteiger partial charge in [0.2, 0.25) is 0 Å². The van der Waals surface area contributed by atoms with Crippen LogP contribution in [0.15, 0.2) is 6.07 Å². The summed E-state index contributed by atoms with van der Waals surface area (Å²) in [6, 6.07) is 1.34. The van der Waals surface area contributed by atoms with Crippen LogP contribution in [0.2, 0.25) is 0 Å². The summed E-state index contributed by atoms with van der Waals surface area (Å²) in [7, 11) is -4.09. The van der Waals surface area contributed by atoms with Crippen LogP contribution in [0.1, 0.15) is 12.5 Å². The van der Waals surface area contributed by atoms with Crippen LogP contribution in [0.5, 0.6) is 11.5 Å². The van der Waals surface area contributed by atoms with E-state index in [0.717, 1.165) is 0 Å². The van der Waals surface area contributed by atoms with Crippen molar-refractivity contribution in [2.75, 3.05) is 11.5 Å². The highest BCUT2D eigenvalue weighted by molar-refractivity contribution is 7.82. The minimum atomic E-state index is -4.09. The molecule has 0 saturated heterocycles. The van der Waals surface area contributed by atoms with Gasteiger partial charge < -0.3 is 19.8 Å². The highest BCUT2D eigenvalue weighted by Gasteiger charge is 2.29. The second kappa shape index (κ2) is 2.93. The average molecular weight is 230 g/mol. The van der Waals surface area contributed by atoms with Crippen molar-refractivity contribution >= 4 is 21.8 Å². The molecule has 1 aromatic rings. The first-order valence-electron chi connectivity index (χ1n) is 4.29. The Morgan fingerprint density at radius 2 is 2.00 bits per heavy atom. The van der Waals surface area contributed by atoms with E-state index in [4.69, 9.17) is 15.7 Å². The van der Waals surface area contributed by atoms with Gasteiger partial charge in [-0.25, -0.2) is 0 Å². The van der Waals surface area contributed by atoms with Crippen LogP contribution in [0, 0.1) is 0 Å². The second-order valence-electron chi connectivity index (χ2n) is 3.11. The number of nitrogens with two attached hydrogens (primary N) is 2. The van der Waals surface area contributed by atoms with E-state index >= 15 is 0 Å². The predicted octanol–water partition coefficient (Wildman–Crippen LogP) is 0.429. The summed E-state index contributed by atoms with van der Waals surface area (Å²) < 4.78 is 31.8. The highest BCUT2D eigenvalue weighted by Crippen LogP contribution is 2.42. The van der Waals surface area contributed by atoms with Crippen molar-refractivity contribution in [3.05, 3.63) is 11.6 Å². The summed E-state index contributed by atoms with van der Waals surface area (Å²) in [5.74, 6) is 0.0850. The Morgan fingerprint density at radius 3 is 2.60 bits per heavy atom. The van der Waals surface area contributed by atoms with E-state index in [1.165, 1.54) is 6.07 Å². The molecule has 0 aromatic heterocycles. The Labute approximate surface area is 87.1 Å². The fraction of sp³-hybridized carbons (Fsp3) is 0.250. The molecule has 1 aromatic carbocycles. The third-order valence-electron chi connectivity index (χ3n) is 2.14. The van der Waals surface area contributed by atoms with E-state index in [-0.39, 0.29) is 22.9 Å². The fourth-order valence-corrected chi connectivity index (χ4v) is 2.27. The molecular weight excluding hydrogens is 220 g/mol. The lowest BCUT2D eigenvalue weighted by molar-refractivity contribution is 0.400. The number of anilines is 2. The lowest BCUT2D eigenvalue weighted by atomic mass is 10.1. The Bertz CT molecular complexity index is 524. The minimum absolute atomic E-state index is 0.0191. The SMILES string of the molecule is CCc1c(N)c2cc(N)c1OS(=O)(=O)O2. The predicted molar refractivity (Wildman–Crippen MR) is 54.8 cm³/mol. The van der Waals surface area contributed by atoms with Gasteiger partial charge >= 0.3 is 10.4 Å². The molecule has 82 valence electrons. The van der Waals surface area contributed by atoms with E-state index in [9.17, 15) is 8.42 Å². The van der Waals surface area contributed by atoms with Gasteiger partial charge in [0.05, 0.1) is 11.4 Å². The maximum Gasteiger partial charge on any atom is 0.501 e. The van der Waals surface area contributed by atoms with E-state index in [0.29, 0.717) is 12.0 Å². The standard InChI is InChI=1S/C8H10N2O4S/c1-2-4-7(10)6-3-5(9)8(4)14-15(11,12)13-6/h3H,2,9-10H2,1H3. The Balaban J connectivity index is 2.79. The number of fused-ring (bicyclic) bond motifs is 4. The monoisotopic (exact) mass is 230 g/mol. The molecule has 0 aliphatic carbocycles. The minimum Gasteiger partial charge on any atom is -0.396 e. The molecule has 0 amide bonds. The topological polar surface area (TPSA) is 105 Å². The van der Waals surface area contributed by atoms with Gasteiger partial charge in [-0.05, 0) is 6.42 Å². The van der Waals surface area contributed by atoms with Crippen molar-refractivity contribution in [2.45, 2.75) is 13.3 Å². The summed E-state index contributed by atoms with van der Waals surface area (Å²) in [5, 5.41) is 0. The lowest BCUT2D eigenvalue weighted by Gasteiger charge is -2.07. The fourth-order valence-electron chi connectivity index (χ4n) is 1.48. The van der Waals surface area contributed by atoms with Gasteiger partial charge in [-0.1, -0.05) is 6.92 Å². The number of rotatable bonds is 1. The van der Waals surface area contributed by atoms with E-state index in [1.807, 2.05) is 6.92 Å². The lowest BCUT2D eigenvalue weighted by Crippen LogP contribution is -2.14. The molecule has 4 N–H and O–H groups in total. The maximum atomic E-state index is 11.2. The second-order valence-corrected chi connectivity index (χ2v) is 4.26. The molecule has 2 bridgehead atoms. The summed E-state index contributed by atoms with van der Waals surface area (Å²) in [4.78, 5) is 0. The maximum absolute atomic E-state index is 11.2. The van der Waals surface area contributed by atoms with Gasteiger partial charge in [0.25, 0.3) is 0 Å². The van der Waals surface area contributed by atoms with Crippen LogP contribution >= 0.6 is 0 Å². The van der Waals surface area contributed by atoms with Crippen LogP contribution in [0.25, 0.3) is 0 Å². The first kappa shape index (κ1) is 9.91. The van der Waals surface area contributed by atoms with Crippen LogP contribution in [-0.4, -0.2) is 8.42 Å². The van der Waals surface area contributed by atoms with Gasteiger partial charge in [-0.15, -0.1) is 8.42 Å². The third kappa shape index (κ3) is 1.44. The number of benzene rings is 1. The molecule has 6 nitrogen and oxygen atoms in total. The molecule has 0 atom stereocenters. The van der Waals surface area contributed by atoms with Gasteiger partial charge in [-0.2, -0.15) is 0 Å². The van der Waals surface area contributed by atoms with Gasteiger partial charge in [-0.3, -0.25) is 0 Å². The van der Waals surface area contributed by atoms with E-state index in [1.54, 1.807) is 0 Å². The summed E-state index contributed by atoms with van der Waals surface area (Å²) in [5.41, 5.74) is 12.3. The summed E-state index contributed by atoms with van der Waals surface area (Å²) >= 11 is 0. The average Bonchev–Trinajstić information content (AvgIpc) is 2.29. The van der Waals surface area contributed by atoms with E-state index in [2.05, 4.69) is 4.18 Å². The van der Waals surface area contributed by atoms with Gasteiger partial charge in [0.15, 0.2) is 11.5 Å². The van der Waals surface area contributed by atoms with Crippen molar-refractivity contribution < 1.29 is 16.8 Å². The Kier molecular flexibility index (Phi) is 1.93. The van der Waals surface area contributed by atoms with Crippen LogP contribution < -0.4 is 19.8 Å². The molecule has 0 spiro atoms. The Hall–Kier alpha value is -1.63. The molecule has 2 aliphatic heterocycles. The van der Waals surface area contributed by atoms with Crippen molar-refractivity contribution in [2.24, 2.45) is 0 Å². The molecule has 7 heteroatoms. The zero-order chi connectivity index (χ0) is 11.2. The first-order valence-corrected chi connectivity index (χ1v) is 5.62. The molecule has 2 heterocycles. The highest BCUT2D eigenvalue weighted by atomic mass is 32.3. The molecule has 15 heavy (non-hydrogen) atoms. The van der Waals surface area contributed by atoms with Gasteiger partial charge in [0, 0.05) is 11.6 Å². The van der Waals surface area contributed by atoms with Crippen LogP contribution in [-0.2, 0) is 16.8 Å². The molecule has 0 fully saturated rings. The molecule has 0 saturated carbocycles. The van der Waals surface area contributed by atoms with Gasteiger partial charge in [0.1, 0.15) is 0 Å². The largest absolute Gasteiger partial charge is 0.501 e. The third-order valence-corrected chi connectivity index (χ3v) is 2.90. The van der Waals surface area contributed by atoms with Crippen LogP contribution in [0.4, 0.5) is 11.4 Å². The van der Waals surface area contributed by atoms with E-state index < -0.39 is 10.4 Å². The van der Waals surface area contributed by atoms with Crippen molar-refractivity contribution in [3.8, 4) is 11.5 Å².